The lowest BCUT2D eigenvalue weighted by molar-refractivity contribution is 0.0932. The van der Waals surface area contributed by atoms with Crippen LogP contribution < -0.4 is 10.2 Å². The van der Waals surface area contributed by atoms with Gasteiger partial charge in [0.15, 0.2) is 0 Å². The van der Waals surface area contributed by atoms with Crippen LogP contribution in [-0.2, 0) is 11.3 Å². The number of nitrogens with zero attached hydrogens (tertiary/aromatic N) is 2. The largest absolute Gasteiger partial charge is 0.383 e. The van der Waals surface area contributed by atoms with Gasteiger partial charge in [-0.3, -0.25) is 9.78 Å². The van der Waals surface area contributed by atoms with Gasteiger partial charge in [-0.1, -0.05) is 30.3 Å². The fourth-order valence-corrected chi connectivity index (χ4v) is 2.43. The number of carbonyl (C=O) groups excluding carboxylic acids is 1. The van der Waals surface area contributed by atoms with E-state index in [0.717, 1.165) is 12.2 Å². The van der Waals surface area contributed by atoms with Crippen molar-refractivity contribution in [3.63, 3.8) is 0 Å². The van der Waals surface area contributed by atoms with Gasteiger partial charge >= 0.3 is 0 Å². The molecule has 5 heteroatoms. The van der Waals surface area contributed by atoms with Gasteiger partial charge in [-0.25, -0.2) is 0 Å². The summed E-state index contributed by atoms with van der Waals surface area (Å²) in [6.07, 6.45) is 1.68. The number of hydrogen-bond donors (Lipinski definition) is 1. The number of nitrogens with one attached hydrogen (secondary N) is 1. The first kappa shape index (κ1) is 17.9. The summed E-state index contributed by atoms with van der Waals surface area (Å²) >= 11 is 0. The number of carbonyl (C=O) groups is 1. The van der Waals surface area contributed by atoms with Crippen molar-refractivity contribution in [3.8, 4) is 0 Å². The van der Waals surface area contributed by atoms with Crippen molar-refractivity contribution in [1.82, 2.24) is 10.3 Å². The van der Waals surface area contributed by atoms with Gasteiger partial charge in [0.25, 0.3) is 5.91 Å². The summed E-state index contributed by atoms with van der Waals surface area (Å²) in [4.78, 5) is 18.6. The molecule has 0 bridgehead atoms. The second kappa shape index (κ2) is 9.03. The zero-order chi connectivity index (χ0) is 17.4. The standard InChI is InChI=1S/C19H25N3O2/c1-15(2)22(14-16-7-5-4-6-8-16)17-9-10-20-18(13-17)19(23)21-11-12-24-3/h4-10,13,15H,11-12,14H2,1-3H3,(H,21,23). The van der Waals surface area contributed by atoms with E-state index in [2.05, 4.69) is 41.2 Å². The number of anilines is 1. The second-order valence-corrected chi connectivity index (χ2v) is 5.86. The maximum Gasteiger partial charge on any atom is 0.270 e. The molecular weight excluding hydrogens is 302 g/mol. The van der Waals surface area contributed by atoms with Crippen LogP contribution >= 0.6 is 0 Å². The van der Waals surface area contributed by atoms with E-state index < -0.39 is 0 Å². The Hall–Kier alpha value is -2.40. The molecule has 5 nitrogen and oxygen atoms in total. The first-order chi connectivity index (χ1) is 11.6. The molecule has 0 aliphatic heterocycles. The predicted octanol–water partition coefficient (Wildman–Crippen LogP) is 2.87. The van der Waals surface area contributed by atoms with Crippen LogP contribution in [0.1, 0.15) is 29.9 Å². The molecule has 0 aliphatic rings. The first-order valence-corrected chi connectivity index (χ1v) is 8.15. The molecule has 0 unspecified atom stereocenters. The van der Waals surface area contributed by atoms with E-state index in [4.69, 9.17) is 4.74 Å². The lowest BCUT2D eigenvalue weighted by Gasteiger charge is -2.29. The van der Waals surface area contributed by atoms with E-state index in [-0.39, 0.29) is 5.91 Å². The van der Waals surface area contributed by atoms with Crippen molar-refractivity contribution in [2.24, 2.45) is 0 Å². The third-order valence-electron chi connectivity index (χ3n) is 3.72. The van der Waals surface area contributed by atoms with E-state index in [1.54, 1.807) is 13.3 Å². The fraction of sp³-hybridized carbons (Fsp3) is 0.368. The maximum absolute atomic E-state index is 12.2. The summed E-state index contributed by atoms with van der Waals surface area (Å²) < 4.78 is 4.94. The van der Waals surface area contributed by atoms with Gasteiger partial charge in [0.2, 0.25) is 0 Å². The Bertz CT molecular complexity index is 644. The summed E-state index contributed by atoms with van der Waals surface area (Å²) in [5.41, 5.74) is 2.64. The van der Waals surface area contributed by atoms with E-state index in [0.29, 0.717) is 24.9 Å². The summed E-state index contributed by atoms with van der Waals surface area (Å²) in [5.74, 6) is -0.183. The molecule has 128 valence electrons. The molecule has 1 aromatic carbocycles. The fourth-order valence-electron chi connectivity index (χ4n) is 2.43. The van der Waals surface area contributed by atoms with Crippen LogP contribution in [0.15, 0.2) is 48.7 Å². The highest BCUT2D eigenvalue weighted by molar-refractivity contribution is 5.93. The second-order valence-electron chi connectivity index (χ2n) is 5.86. The minimum Gasteiger partial charge on any atom is -0.383 e. The highest BCUT2D eigenvalue weighted by Crippen LogP contribution is 2.20. The molecule has 0 aliphatic carbocycles. The van der Waals surface area contributed by atoms with Crippen LogP contribution in [0.2, 0.25) is 0 Å². The average molecular weight is 327 g/mol. The molecule has 0 saturated heterocycles. The van der Waals surface area contributed by atoms with Gasteiger partial charge in [-0.2, -0.15) is 0 Å². The highest BCUT2D eigenvalue weighted by Gasteiger charge is 2.14. The molecule has 0 radical (unpaired) electrons. The molecular formula is C19H25N3O2. The molecule has 0 atom stereocenters. The molecule has 24 heavy (non-hydrogen) atoms. The Kier molecular flexibility index (Phi) is 6.75. The molecule has 2 rings (SSSR count). The molecule has 2 aromatic rings. The monoisotopic (exact) mass is 327 g/mol. The number of benzene rings is 1. The van der Waals surface area contributed by atoms with E-state index in [1.165, 1.54) is 5.56 Å². The van der Waals surface area contributed by atoms with Crippen LogP contribution in [0.5, 0.6) is 0 Å². The third-order valence-corrected chi connectivity index (χ3v) is 3.72. The van der Waals surface area contributed by atoms with Crippen molar-refractivity contribution in [3.05, 3.63) is 59.9 Å². The summed E-state index contributed by atoms with van der Waals surface area (Å²) in [6.45, 7) is 6.02. The topological polar surface area (TPSA) is 54.5 Å². The van der Waals surface area contributed by atoms with Gasteiger partial charge < -0.3 is 15.0 Å². The van der Waals surface area contributed by atoms with Crippen LogP contribution in [0, 0.1) is 0 Å². The minimum atomic E-state index is -0.183. The SMILES string of the molecule is COCCNC(=O)c1cc(N(Cc2ccccc2)C(C)C)ccn1. The van der Waals surface area contributed by atoms with E-state index >= 15 is 0 Å². The van der Waals surface area contributed by atoms with Crippen molar-refractivity contribution >= 4 is 11.6 Å². The lowest BCUT2D eigenvalue weighted by atomic mass is 10.1. The number of amides is 1. The first-order valence-electron chi connectivity index (χ1n) is 8.15. The molecule has 1 amide bonds. The molecule has 1 N–H and O–H groups in total. The van der Waals surface area contributed by atoms with Crippen molar-refractivity contribution < 1.29 is 9.53 Å². The Balaban J connectivity index is 2.15. The zero-order valence-electron chi connectivity index (χ0n) is 14.5. The van der Waals surface area contributed by atoms with Crippen molar-refractivity contribution in [2.75, 3.05) is 25.2 Å². The Morgan fingerprint density at radius 1 is 1.25 bits per heavy atom. The number of hydrogen-bond acceptors (Lipinski definition) is 4. The summed E-state index contributed by atoms with van der Waals surface area (Å²) in [6, 6.07) is 14.4. The zero-order valence-corrected chi connectivity index (χ0v) is 14.5. The lowest BCUT2D eigenvalue weighted by Crippen LogP contribution is -2.31. The van der Waals surface area contributed by atoms with Gasteiger partial charge in [-0.05, 0) is 31.5 Å². The number of rotatable bonds is 8. The molecule has 0 saturated carbocycles. The van der Waals surface area contributed by atoms with Crippen LogP contribution in [0.25, 0.3) is 0 Å². The van der Waals surface area contributed by atoms with Crippen LogP contribution in [0.3, 0.4) is 0 Å². The molecule has 0 fully saturated rings. The molecule has 1 heterocycles. The Morgan fingerprint density at radius 3 is 2.67 bits per heavy atom. The van der Waals surface area contributed by atoms with E-state index in [1.807, 2.05) is 30.3 Å². The third kappa shape index (κ3) is 5.06. The maximum atomic E-state index is 12.2. The van der Waals surface area contributed by atoms with Crippen LogP contribution in [-0.4, -0.2) is 37.2 Å². The van der Waals surface area contributed by atoms with Crippen molar-refractivity contribution in [2.45, 2.75) is 26.4 Å². The van der Waals surface area contributed by atoms with E-state index in [9.17, 15) is 4.79 Å². The number of ether oxygens (including phenoxy) is 1. The Morgan fingerprint density at radius 2 is 2.00 bits per heavy atom. The smallest absolute Gasteiger partial charge is 0.270 e. The minimum absolute atomic E-state index is 0.183. The Labute approximate surface area is 143 Å². The normalized spacial score (nSPS) is 10.7. The van der Waals surface area contributed by atoms with Gasteiger partial charge in [0, 0.05) is 38.1 Å². The number of aromatic nitrogens is 1. The van der Waals surface area contributed by atoms with Crippen LogP contribution in [0.4, 0.5) is 5.69 Å². The summed E-state index contributed by atoms with van der Waals surface area (Å²) in [7, 11) is 1.61. The highest BCUT2D eigenvalue weighted by atomic mass is 16.5. The van der Waals surface area contributed by atoms with Gasteiger partial charge in [0.05, 0.1) is 6.61 Å². The quantitative estimate of drug-likeness (QED) is 0.758. The van der Waals surface area contributed by atoms with Gasteiger partial charge in [-0.15, -0.1) is 0 Å². The number of pyridine rings is 1. The molecule has 0 spiro atoms. The van der Waals surface area contributed by atoms with Gasteiger partial charge in [0.1, 0.15) is 5.69 Å². The van der Waals surface area contributed by atoms with Crippen molar-refractivity contribution in [1.29, 1.82) is 0 Å². The number of methoxy groups -OCH3 is 1. The average Bonchev–Trinajstić information content (AvgIpc) is 2.60. The predicted molar refractivity (Wildman–Crippen MR) is 96.2 cm³/mol. The summed E-state index contributed by atoms with van der Waals surface area (Å²) in [5, 5.41) is 2.80. The molecule has 1 aromatic heterocycles.